The topological polar surface area (TPSA) is 115 Å². The molecular weight excluding hydrogens is 462 g/mol. The number of alkyl halides is 1. The second-order valence-corrected chi connectivity index (χ2v) is 7.99. The van der Waals surface area contributed by atoms with Crippen LogP contribution >= 0.6 is 11.6 Å². The molecule has 9 heteroatoms. The molecule has 0 aliphatic carbocycles. The molecule has 0 bridgehead atoms. The van der Waals surface area contributed by atoms with Gasteiger partial charge in [-0.2, -0.15) is 0 Å². The van der Waals surface area contributed by atoms with Crippen LogP contribution in [0.3, 0.4) is 0 Å². The summed E-state index contributed by atoms with van der Waals surface area (Å²) in [4.78, 5) is 27.0. The number of aliphatic carboxylic acids is 1. The quantitative estimate of drug-likeness (QED) is 0.132. The van der Waals surface area contributed by atoms with Crippen LogP contribution in [0.2, 0.25) is 0 Å². The first-order valence-corrected chi connectivity index (χ1v) is 11.6. The first-order chi connectivity index (χ1) is 16.4. The third-order valence-electron chi connectivity index (χ3n) is 4.81. The first kappa shape index (κ1) is 27.1. The zero-order valence-electron chi connectivity index (χ0n) is 19.3. The largest absolute Gasteiger partial charge is 0.481 e. The third kappa shape index (κ3) is 9.03. The van der Waals surface area contributed by atoms with Crippen LogP contribution in [0.1, 0.15) is 44.2 Å². The maximum atomic E-state index is 11.3. The normalized spacial score (nSPS) is 13.1. The number of carbonyl (C=O) groups is 2. The van der Waals surface area contributed by atoms with E-state index in [9.17, 15) is 14.7 Å². The summed E-state index contributed by atoms with van der Waals surface area (Å²) in [6.45, 7) is 3.11. The van der Waals surface area contributed by atoms with Crippen molar-refractivity contribution in [2.24, 2.45) is 11.1 Å². The lowest BCUT2D eigenvalue weighted by molar-refractivity contribution is -0.141. The summed E-state index contributed by atoms with van der Waals surface area (Å²) >= 11 is 5.94. The van der Waals surface area contributed by atoms with Crippen molar-refractivity contribution in [1.29, 1.82) is 0 Å². The summed E-state index contributed by atoms with van der Waals surface area (Å²) in [5, 5.41) is 22.7. The molecule has 0 saturated heterocycles. The van der Waals surface area contributed by atoms with E-state index in [1.807, 2.05) is 6.92 Å². The maximum absolute atomic E-state index is 11.3. The molecule has 0 aliphatic rings. The summed E-state index contributed by atoms with van der Waals surface area (Å²) in [6.07, 6.45) is 1.11. The van der Waals surface area contributed by atoms with Gasteiger partial charge in [0.1, 0.15) is 11.5 Å². The molecule has 0 radical (unpaired) electrons. The highest BCUT2D eigenvalue weighted by Crippen LogP contribution is 2.23. The Morgan fingerprint density at radius 3 is 2.35 bits per heavy atom. The fourth-order valence-corrected chi connectivity index (χ4v) is 3.44. The number of carboxylic acids is 1. The smallest absolute Gasteiger partial charge is 0.331 e. The number of benzene rings is 2. The average Bonchev–Trinajstić information content (AvgIpc) is 2.79. The summed E-state index contributed by atoms with van der Waals surface area (Å²) in [5.41, 5.74) is 1.76. The number of ether oxygens (including phenoxy) is 2. The highest BCUT2D eigenvalue weighted by Gasteiger charge is 2.20. The van der Waals surface area contributed by atoms with Crippen molar-refractivity contribution in [3.05, 3.63) is 59.7 Å². The lowest BCUT2D eigenvalue weighted by Gasteiger charge is -2.21. The number of carbonyl (C=O) groups excluding carboxylic acids is 1. The molecular formula is C25H30ClNO7. The number of nitrogens with zero attached hydrogens (tertiary/aromatic N) is 1. The highest BCUT2D eigenvalue weighted by molar-refractivity contribution is 6.17. The van der Waals surface area contributed by atoms with E-state index < -0.39 is 18.2 Å². The Morgan fingerprint density at radius 1 is 1.06 bits per heavy atom. The fraction of sp³-hybridized carbons (Fsp3) is 0.400. The average molecular weight is 492 g/mol. The molecule has 8 nitrogen and oxygen atoms in total. The number of aliphatic hydroxyl groups excluding tert-OH is 1. The minimum absolute atomic E-state index is 0.0707. The van der Waals surface area contributed by atoms with E-state index >= 15 is 0 Å². The number of halogens is 1. The van der Waals surface area contributed by atoms with Gasteiger partial charge in [0.05, 0.1) is 18.7 Å². The Bertz CT molecular complexity index is 962. The number of hydrogen-bond acceptors (Lipinski definition) is 7. The Kier molecular flexibility index (Phi) is 11.4. The van der Waals surface area contributed by atoms with E-state index in [-0.39, 0.29) is 18.9 Å². The van der Waals surface area contributed by atoms with E-state index in [0.29, 0.717) is 47.1 Å². The molecule has 34 heavy (non-hydrogen) atoms. The van der Waals surface area contributed by atoms with E-state index in [1.54, 1.807) is 48.5 Å². The van der Waals surface area contributed by atoms with E-state index in [1.165, 1.54) is 6.92 Å². The molecule has 184 valence electrons. The number of carboxylic acid groups (broad SMARTS) is 1. The van der Waals surface area contributed by atoms with Crippen LogP contribution in [-0.2, 0) is 20.8 Å². The summed E-state index contributed by atoms with van der Waals surface area (Å²) < 4.78 is 11.9. The third-order valence-corrected chi connectivity index (χ3v) is 5.02. The van der Waals surface area contributed by atoms with E-state index in [4.69, 9.17) is 31.0 Å². The summed E-state index contributed by atoms with van der Waals surface area (Å²) in [6, 6.07) is 13.8. The second kappa shape index (κ2) is 14.2. The molecule has 2 atom stereocenters. The van der Waals surface area contributed by atoms with Gasteiger partial charge in [-0.1, -0.05) is 42.8 Å². The van der Waals surface area contributed by atoms with Crippen molar-refractivity contribution in [1.82, 2.24) is 0 Å². The number of hydrogen-bond donors (Lipinski definition) is 2. The highest BCUT2D eigenvalue weighted by atomic mass is 35.5. The molecule has 2 N–H and O–H groups in total. The van der Waals surface area contributed by atoms with Gasteiger partial charge in [0, 0.05) is 30.7 Å². The molecule has 0 heterocycles. The number of oxime groups is 1. The van der Waals surface area contributed by atoms with Crippen molar-refractivity contribution in [2.75, 3.05) is 12.5 Å². The van der Waals surface area contributed by atoms with Gasteiger partial charge in [0.15, 0.2) is 0 Å². The van der Waals surface area contributed by atoms with Gasteiger partial charge in [0.25, 0.3) is 0 Å². The Balaban J connectivity index is 2.22. The summed E-state index contributed by atoms with van der Waals surface area (Å²) in [5.74, 6) is -0.471. The molecule has 2 aromatic rings. The fourth-order valence-electron chi connectivity index (χ4n) is 3.26. The van der Waals surface area contributed by atoms with Gasteiger partial charge in [-0.15, -0.1) is 11.6 Å². The van der Waals surface area contributed by atoms with Gasteiger partial charge in [-0.05, 0) is 36.2 Å². The lowest BCUT2D eigenvalue weighted by atomic mass is 9.93. The molecule has 0 amide bonds. The van der Waals surface area contributed by atoms with Crippen molar-refractivity contribution >= 4 is 29.3 Å². The summed E-state index contributed by atoms with van der Waals surface area (Å²) in [7, 11) is 0. The predicted octanol–water partition coefficient (Wildman–Crippen LogP) is 4.40. The minimum atomic E-state index is -0.907. The van der Waals surface area contributed by atoms with Crippen LogP contribution in [0.5, 0.6) is 11.5 Å². The molecule has 2 aromatic carbocycles. The van der Waals surface area contributed by atoms with Crippen LogP contribution < -0.4 is 9.47 Å². The van der Waals surface area contributed by atoms with Crippen molar-refractivity contribution in [3.63, 3.8) is 0 Å². The molecule has 0 aromatic heterocycles. The van der Waals surface area contributed by atoms with Crippen LogP contribution in [0.25, 0.3) is 0 Å². The van der Waals surface area contributed by atoms with Gasteiger partial charge in [0.2, 0.25) is 6.29 Å². The predicted molar refractivity (Wildman–Crippen MR) is 128 cm³/mol. The molecule has 2 rings (SSSR count). The second-order valence-electron chi connectivity index (χ2n) is 7.61. The Morgan fingerprint density at radius 2 is 1.76 bits per heavy atom. The SMILES string of the molecule is CCCC(CO)/C(=N\OC(C)=O)c1cccc(OC(CCCl)Oc2ccc(CC(=O)O)cc2)c1. The van der Waals surface area contributed by atoms with Gasteiger partial charge >= 0.3 is 11.9 Å². The molecule has 0 spiro atoms. The van der Waals surface area contributed by atoms with Gasteiger partial charge < -0.3 is 24.5 Å². The molecule has 0 saturated carbocycles. The van der Waals surface area contributed by atoms with Crippen LogP contribution in [-0.4, -0.2) is 46.6 Å². The zero-order chi connectivity index (χ0) is 24.9. The zero-order valence-corrected chi connectivity index (χ0v) is 20.0. The van der Waals surface area contributed by atoms with Crippen molar-refractivity contribution < 1.29 is 34.1 Å². The van der Waals surface area contributed by atoms with Crippen molar-refractivity contribution in [3.8, 4) is 11.5 Å². The van der Waals surface area contributed by atoms with E-state index in [0.717, 1.165) is 6.42 Å². The lowest BCUT2D eigenvalue weighted by Crippen LogP contribution is -2.25. The molecule has 0 fully saturated rings. The van der Waals surface area contributed by atoms with Crippen LogP contribution in [0, 0.1) is 5.92 Å². The first-order valence-electron chi connectivity index (χ1n) is 11.0. The Hall–Kier alpha value is -3.10. The van der Waals surface area contributed by atoms with Crippen LogP contribution in [0.4, 0.5) is 0 Å². The molecule has 0 aliphatic heterocycles. The monoisotopic (exact) mass is 491 g/mol. The van der Waals surface area contributed by atoms with Gasteiger partial charge in [-0.3, -0.25) is 4.79 Å². The van der Waals surface area contributed by atoms with Crippen molar-refractivity contribution in [2.45, 2.75) is 45.8 Å². The standard InChI is InChI=1S/C25H30ClNO7/c1-3-5-20(16-28)25(27-34-17(2)29)19-6-4-7-22(15-19)33-24(12-13-26)32-21-10-8-18(9-11-21)14-23(30)31/h4,6-11,15,20,24,28H,3,5,12-14,16H2,1-2H3,(H,30,31)/b27-25-. The van der Waals surface area contributed by atoms with Crippen LogP contribution in [0.15, 0.2) is 53.7 Å². The van der Waals surface area contributed by atoms with E-state index in [2.05, 4.69) is 5.16 Å². The maximum Gasteiger partial charge on any atom is 0.331 e. The van der Waals surface area contributed by atoms with Gasteiger partial charge in [-0.25, -0.2) is 4.79 Å². The Labute approximate surface area is 204 Å². The molecule has 2 unspecified atom stereocenters. The minimum Gasteiger partial charge on any atom is -0.481 e. The number of rotatable bonds is 14. The number of aliphatic hydroxyl groups is 1.